The molecule has 4 aromatic rings. The average Bonchev–Trinajstić information content (AvgIpc) is 3.76. The molecule has 0 bridgehead atoms. The number of ketones is 1. The number of amides is 2. The quantitative estimate of drug-likeness (QED) is 0.0771. The second kappa shape index (κ2) is 15.5. The molecule has 2 fully saturated rings. The van der Waals surface area contributed by atoms with E-state index in [1.54, 1.807) is 36.4 Å². The SMILES string of the molecule is O=C(CC[C@H]1CCC[C@H]1NC(=O)c1ccc(Nc2nc(NC3(c4ccc(Cl)cc4)CC3)nc(OCC(F)(F)F)n2)cc1)C(=O)Nc1ccc(F)cc1. The number of hydrogen-bond acceptors (Lipinski definition) is 9. The minimum absolute atomic E-state index is 0.00216. The zero-order chi connectivity index (χ0) is 36.9. The number of ether oxygens (including phenoxy) is 1. The minimum Gasteiger partial charge on any atom is -0.454 e. The number of nitrogens with zero attached hydrogens (tertiary/aromatic N) is 3. The van der Waals surface area contributed by atoms with E-state index in [1.165, 1.54) is 24.3 Å². The third-order valence-electron chi connectivity index (χ3n) is 8.95. The molecule has 1 heterocycles. The summed E-state index contributed by atoms with van der Waals surface area (Å²) in [6, 6.07) is 17.9. The van der Waals surface area contributed by atoms with E-state index in [0.717, 1.165) is 37.7 Å². The Kier molecular flexibility index (Phi) is 10.9. The third kappa shape index (κ3) is 9.72. The van der Waals surface area contributed by atoms with E-state index in [-0.39, 0.29) is 36.2 Å². The Labute approximate surface area is 300 Å². The number of carbonyl (C=O) groups excluding carboxylic acids is 3. The summed E-state index contributed by atoms with van der Waals surface area (Å²) in [6.45, 7) is -1.59. The van der Waals surface area contributed by atoms with Crippen molar-refractivity contribution in [3.8, 4) is 6.01 Å². The topological polar surface area (TPSA) is 147 Å². The van der Waals surface area contributed by atoms with Crippen LogP contribution in [0.1, 0.15) is 60.9 Å². The van der Waals surface area contributed by atoms with Crippen molar-refractivity contribution in [2.24, 2.45) is 5.92 Å². The van der Waals surface area contributed by atoms with Gasteiger partial charge < -0.3 is 26.0 Å². The van der Waals surface area contributed by atoms with E-state index in [2.05, 4.69) is 36.2 Å². The lowest BCUT2D eigenvalue weighted by atomic mass is 9.95. The van der Waals surface area contributed by atoms with E-state index in [9.17, 15) is 31.9 Å². The summed E-state index contributed by atoms with van der Waals surface area (Å²) in [5.74, 6) is -2.22. The van der Waals surface area contributed by atoms with Gasteiger partial charge >= 0.3 is 12.2 Å². The van der Waals surface area contributed by atoms with Gasteiger partial charge in [0, 0.05) is 34.4 Å². The number of anilines is 4. The molecule has 2 amide bonds. The van der Waals surface area contributed by atoms with Gasteiger partial charge in [-0.3, -0.25) is 14.4 Å². The van der Waals surface area contributed by atoms with E-state index in [1.807, 2.05) is 12.1 Å². The molecule has 52 heavy (non-hydrogen) atoms. The lowest BCUT2D eigenvalue weighted by Gasteiger charge is -2.21. The number of Topliss-reactive ketones (excluding diaryl/α,β-unsaturated/α-hetero) is 1. The van der Waals surface area contributed by atoms with E-state index < -0.39 is 41.8 Å². The largest absolute Gasteiger partial charge is 0.454 e. The molecular formula is C36H34ClF4N7O4. The normalized spacial score (nSPS) is 17.6. The molecular weight excluding hydrogens is 706 g/mol. The molecule has 1 aromatic heterocycles. The molecule has 0 spiro atoms. The van der Waals surface area contributed by atoms with Crippen molar-refractivity contribution in [3.05, 3.63) is 94.8 Å². The predicted molar refractivity (Wildman–Crippen MR) is 185 cm³/mol. The maximum atomic E-state index is 13.2. The highest BCUT2D eigenvalue weighted by Gasteiger charge is 2.45. The van der Waals surface area contributed by atoms with Crippen molar-refractivity contribution in [2.45, 2.75) is 62.7 Å². The Balaban J connectivity index is 1.06. The summed E-state index contributed by atoms with van der Waals surface area (Å²) in [5, 5.41) is 12.2. The maximum absolute atomic E-state index is 13.2. The number of aromatic nitrogens is 3. The van der Waals surface area contributed by atoms with Gasteiger partial charge in [-0.25, -0.2) is 4.39 Å². The highest BCUT2D eigenvalue weighted by atomic mass is 35.5. The molecule has 6 rings (SSSR count). The van der Waals surface area contributed by atoms with Crippen LogP contribution in [0.5, 0.6) is 6.01 Å². The molecule has 2 aliphatic carbocycles. The van der Waals surface area contributed by atoms with Crippen LogP contribution >= 0.6 is 11.6 Å². The van der Waals surface area contributed by atoms with Gasteiger partial charge in [0.15, 0.2) is 6.61 Å². The van der Waals surface area contributed by atoms with Gasteiger partial charge in [0.05, 0.1) is 5.54 Å². The fourth-order valence-electron chi connectivity index (χ4n) is 6.10. The molecule has 3 aromatic carbocycles. The number of halogens is 5. The first-order valence-electron chi connectivity index (χ1n) is 16.6. The van der Waals surface area contributed by atoms with Crippen LogP contribution in [-0.4, -0.2) is 51.4 Å². The lowest BCUT2D eigenvalue weighted by Crippen LogP contribution is -2.37. The molecule has 2 saturated carbocycles. The van der Waals surface area contributed by atoms with Crippen LogP contribution in [-0.2, 0) is 15.1 Å². The van der Waals surface area contributed by atoms with Gasteiger partial charge in [0.2, 0.25) is 17.7 Å². The fraction of sp³-hybridized carbons (Fsp3) is 0.333. The first kappa shape index (κ1) is 36.5. The predicted octanol–water partition coefficient (Wildman–Crippen LogP) is 7.34. The standard InChI is InChI=1S/C36H34ClF4N7O4/c37-24-9-7-23(8-10-24)35(18-19-35)48-33-45-32(46-34(47-33)52-20-36(39,40)41)43-27-13-4-22(5-14-27)30(50)44-28-3-1-2-21(28)6-17-29(49)31(51)42-26-15-11-25(38)12-16-26/h4-5,7-16,21,28H,1-3,6,17-20H2,(H,42,51)(H,44,50)(H2,43,45,46,47,48)/t21-,28-/m1/s1. The number of rotatable bonds is 14. The number of hydrogen-bond donors (Lipinski definition) is 4. The van der Waals surface area contributed by atoms with Gasteiger partial charge in [-0.2, -0.15) is 28.1 Å². The van der Waals surface area contributed by atoms with Crippen molar-refractivity contribution in [1.82, 2.24) is 20.3 Å². The Bertz CT molecular complexity index is 1910. The van der Waals surface area contributed by atoms with E-state index in [4.69, 9.17) is 16.3 Å². The van der Waals surface area contributed by atoms with Crippen LogP contribution in [0.15, 0.2) is 72.8 Å². The monoisotopic (exact) mass is 739 g/mol. The van der Waals surface area contributed by atoms with Gasteiger partial charge in [0.1, 0.15) is 5.82 Å². The van der Waals surface area contributed by atoms with Gasteiger partial charge in [0.25, 0.3) is 11.8 Å². The van der Waals surface area contributed by atoms with E-state index >= 15 is 0 Å². The van der Waals surface area contributed by atoms with Crippen molar-refractivity contribution in [2.75, 3.05) is 22.6 Å². The molecule has 0 aliphatic heterocycles. The van der Waals surface area contributed by atoms with Crippen molar-refractivity contribution >= 4 is 52.5 Å². The molecule has 0 unspecified atom stereocenters. The molecule has 0 saturated heterocycles. The molecule has 4 N–H and O–H groups in total. The van der Waals surface area contributed by atoms with Gasteiger partial charge in [-0.15, -0.1) is 0 Å². The zero-order valence-electron chi connectivity index (χ0n) is 27.6. The molecule has 2 aliphatic rings. The summed E-state index contributed by atoms with van der Waals surface area (Å²) in [6.07, 6.45) is -0.344. The maximum Gasteiger partial charge on any atom is 0.422 e. The molecule has 16 heteroatoms. The molecule has 11 nitrogen and oxygen atoms in total. The van der Waals surface area contributed by atoms with Crippen LogP contribution in [0.2, 0.25) is 5.02 Å². The molecule has 2 atom stereocenters. The highest BCUT2D eigenvalue weighted by Crippen LogP contribution is 2.48. The van der Waals surface area contributed by atoms with Crippen LogP contribution in [0.4, 0.5) is 40.8 Å². The van der Waals surface area contributed by atoms with Crippen LogP contribution in [0, 0.1) is 11.7 Å². The Morgan fingerprint density at radius 2 is 1.54 bits per heavy atom. The lowest BCUT2D eigenvalue weighted by molar-refractivity contribution is -0.154. The Hall–Kier alpha value is -5.31. The van der Waals surface area contributed by atoms with Crippen LogP contribution in [0.25, 0.3) is 0 Å². The van der Waals surface area contributed by atoms with Crippen molar-refractivity contribution in [3.63, 3.8) is 0 Å². The minimum atomic E-state index is -4.61. The van der Waals surface area contributed by atoms with Crippen LogP contribution in [0.3, 0.4) is 0 Å². The number of benzene rings is 3. The molecule has 272 valence electrons. The second-order valence-electron chi connectivity index (χ2n) is 12.8. The smallest absolute Gasteiger partial charge is 0.422 e. The molecule has 0 radical (unpaired) electrons. The number of alkyl halides is 3. The van der Waals surface area contributed by atoms with Gasteiger partial charge in [-0.05, 0) is 104 Å². The first-order chi connectivity index (χ1) is 24.8. The Morgan fingerprint density at radius 1 is 0.865 bits per heavy atom. The van der Waals surface area contributed by atoms with E-state index in [0.29, 0.717) is 28.4 Å². The summed E-state index contributed by atoms with van der Waals surface area (Å²) in [5.41, 5.74) is 1.52. The zero-order valence-corrected chi connectivity index (χ0v) is 28.4. The fourth-order valence-corrected chi connectivity index (χ4v) is 6.22. The number of nitrogens with one attached hydrogen (secondary N) is 4. The summed E-state index contributed by atoms with van der Waals surface area (Å²) < 4.78 is 56.8. The summed E-state index contributed by atoms with van der Waals surface area (Å²) in [7, 11) is 0. The summed E-state index contributed by atoms with van der Waals surface area (Å²) >= 11 is 6.03. The van der Waals surface area contributed by atoms with Gasteiger partial charge in [-0.1, -0.05) is 30.2 Å². The van der Waals surface area contributed by atoms with Crippen LogP contribution < -0.4 is 26.0 Å². The second-order valence-corrected chi connectivity index (χ2v) is 13.2. The third-order valence-corrected chi connectivity index (χ3v) is 9.21. The van der Waals surface area contributed by atoms with Crippen molar-refractivity contribution in [1.29, 1.82) is 0 Å². The average molecular weight is 740 g/mol. The highest BCUT2D eigenvalue weighted by molar-refractivity contribution is 6.40. The van der Waals surface area contributed by atoms with Crippen molar-refractivity contribution < 1.29 is 36.7 Å². The number of carbonyl (C=O) groups is 3. The first-order valence-corrected chi connectivity index (χ1v) is 17.0. The summed E-state index contributed by atoms with van der Waals surface area (Å²) in [4.78, 5) is 50.4. The Morgan fingerprint density at radius 3 is 2.21 bits per heavy atom.